The second-order valence-corrected chi connectivity index (χ2v) is 7.40. The molecule has 0 aliphatic heterocycles. The molecule has 2 aromatic rings. The quantitative estimate of drug-likeness (QED) is 0.830. The second kappa shape index (κ2) is 7.49. The van der Waals surface area contributed by atoms with Crippen LogP contribution in [-0.4, -0.2) is 26.6 Å². The molecule has 0 saturated carbocycles. The Balaban J connectivity index is 2.52. The molecule has 0 radical (unpaired) electrons. The third-order valence-electron chi connectivity index (χ3n) is 3.74. The largest absolute Gasteiger partial charge is 0.496 e. The molecule has 2 rings (SSSR count). The lowest BCUT2D eigenvalue weighted by atomic mass is 9.99. The minimum atomic E-state index is -3.52. The van der Waals surface area contributed by atoms with E-state index in [1.165, 1.54) is 13.2 Å². The predicted molar refractivity (Wildman–Crippen MR) is 91.3 cm³/mol. The van der Waals surface area contributed by atoms with Gasteiger partial charge in [-0.05, 0) is 35.7 Å². The molecule has 128 valence electrons. The van der Waals surface area contributed by atoms with Crippen molar-refractivity contribution in [2.75, 3.05) is 7.11 Å². The van der Waals surface area contributed by atoms with Gasteiger partial charge in [-0.1, -0.05) is 37.6 Å². The van der Waals surface area contributed by atoms with Crippen LogP contribution in [0.1, 0.15) is 34.8 Å². The number of carbonyl (C=O) groups is 1. The molecule has 0 aromatic heterocycles. The van der Waals surface area contributed by atoms with Gasteiger partial charge in [0.2, 0.25) is 0 Å². The van der Waals surface area contributed by atoms with Gasteiger partial charge in [0.05, 0.1) is 17.8 Å². The van der Waals surface area contributed by atoms with Crippen LogP contribution < -0.4 is 4.74 Å². The first-order valence-corrected chi connectivity index (χ1v) is 9.25. The fraction of sp³-hybridized carbons (Fsp3) is 0.278. The number of methoxy groups -OCH3 is 1. The minimum Gasteiger partial charge on any atom is -0.496 e. The van der Waals surface area contributed by atoms with Crippen LogP contribution in [0, 0.1) is 0 Å². The molecule has 2 aromatic carbocycles. The molecule has 0 saturated heterocycles. The van der Waals surface area contributed by atoms with Crippen LogP contribution in [-0.2, 0) is 22.0 Å². The molecule has 0 spiro atoms. The van der Waals surface area contributed by atoms with Gasteiger partial charge in [0.1, 0.15) is 11.3 Å². The van der Waals surface area contributed by atoms with Gasteiger partial charge in [0.15, 0.2) is 9.84 Å². The van der Waals surface area contributed by atoms with Crippen LogP contribution in [0.3, 0.4) is 0 Å². The Bertz CT molecular complexity index is 826. The number of sulfone groups is 1. The van der Waals surface area contributed by atoms with Crippen molar-refractivity contribution in [3.8, 4) is 5.75 Å². The second-order valence-electron chi connectivity index (χ2n) is 5.41. The smallest absolute Gasteiger partial charge is 0.339 e. The molecule has 5 nitrogen and oxygen atoms in total. The van der Waals surface area contributed by atoms with E-state index in [9.17, 15) is 18.3 Å². The van der Waals surface area contributed by atoms with Crippen LogP contribution in [0.5, 0.6) is 5.75 Å². The van der Waals surface area contributed by atoms with Crippen molar-refractivity contribution in [1.82, 2.24) is 0 Å². The van der Waals surface area contributed by atoms with Crippen molar-refractivity contribution in [1.29, 1.82) is 0 Å². The monoisotopic (exact) mass is 348 g/mol. The molecule has 0 atom stereocenters. The number of hydrogen-bond acceptors (Lipinski definition) is 4. The highest BCUT2D eigenvalue weighted by Gasteiger charge is 2.22. The maximum absolute atomic E-state index is 12.6. The molecule has 0 aliphatic carbocycles. The summed E-state index contributed by atoms with van der Waals surface area (Å²) in [5, 5.41) is 9.29. The van der Waals surface area contributed by atoms with E-state index in [-0.39, 0.29) is 22.0 Å². The molecule has 0 heterocycles. The first kappa shape index (κ1) is 18.0. The standard InChI is InChI=1S/C18H20O5S/c1-3-7-15-13(10-11-16(18(19)20)17(15)23-2)12-24(21,22)14-8-5-4-6-9-14/h4-6,8-11H,3,7,12H2,1-2H3,(H,19,20). The van der Waals surface area contributed by atoms with Crippen molar-refractivity contribution in [2.45, 2.75) is 30.4 Å². The van der Waals surface area contributed by atoms with Crippen LogP contribution in [0.4, 0.5) is 0 Å². The topological polar surface area (TPSA) is 80.7 Å². The SMILES string of the molecule is CCCc1c(CS(=O)(=O)c2ccccc2)ccc(C(=O)O)c1OC. The molecule has 0 bridgehead atoms. The number of hydrogen-bond donors (Lipinski definition) is 1. The van der Waals surface area contributed by atoms with E-state index >= 15 is 0 Å². The Morgan fingerprint density at radius 1 is 1.12 bits per heavy atom. The highest BCUT2D eigenvalue weighted by atomic mass is 32.2. The van der Waals surface area contributed by atoms with E-state index in [1.807, 2.05) is 6.92 Å². The zero-order chi connectivity index (χ0) is 17.7. The Kier molecular flexibility index (Phi) is 5.62. The van der Waals surface area contributed by atoms with E-state index in [0.717, 1.165) is 6.42 Å². The predicted octanol–water partition coefficient (Wildman–Crippen LogP) is 3.32. The molecule has 6 heteroatoms. The number of carboxylic acid groups (broad SMARTS) is 1. The lowest BCUT2D eigenvalue weighted by Crippen LogP contribution is -2.11. The Morgan fingerprint density at radius 2 is 1.79 bits per heavy atom. The highest BCUT2D eigenvalue weighted by Crippen LogP contribution is 2.31. The molecular formula is C18H20O5S. The van der Waals surface area contributed by atoms with Crippen molar-refractivity contribution in [2.24, 2.45) is 0 Å². The molecule has 0 fully saturated rings. The third kappa shape index (κ3) is 3.76. The summed E-state index contributed by atoms with van der Waals surface area (Å²) in [4.78, 5) is 11.6. The van der Waals surface area contributed by atoms with E-state index in [4.69, 9.17) is 4.74 Å². The molecule has 0 unspecified atom stereocenters. The fourth-order valence-corrected chi connectivity index (χ4v) is 4.06. The summed E-state index contributed by atoms with van der Waals surface area (Å²) >= 11 is 0. The van der Waals surface area contributed by atoms with E-state index < -0.39 is 15.8 Å². The third-order valence-corrected chi connectivity index (χ3v) is 5.42. The van der Waals surface area contributed by atoms with E-state index in [0.29, 0.717) is 17.5 Å². The summed E-state index contributed by atoms with van der Waals surface area (Å²) in [6.45, 7) is 1.95. The summed E-state index contributed by atoms with van der Waals surface area (Å²) in [5.74, 6) is -1.05. The summed E-state index contributed by atoms with van der Waals surface area (Å²) in [6, 6.07) is 11.2. The number of ether oxygens (including phenoxy) is 1. The summed E-state index contributed by atoms with van der Waals surface area (Å²) in [6.07, 6.45) is 1.29. The first-order chi connectivity index (χ1) is 11.4. The Labute approximate surface area is 141 Å². The number of rotatable bonds is 7. The number of benzene rings is 2. The highest BCUT2D eigenvalue weighted by molar-refractivity contribution is 7.90. The van der Waals surface area contributed by atoms with Crippen LogP contribution in [0.15, 0.2) is 47.4 Å². The van der Waals surface area contributed by atoms with E-state index in [2.05, 4.69) is 0 Å². The number of carboxylic acids is 1. The zero-order valence-corrected chi connectivity index (χ0v) is 14.5. The zero-order valence-electron chi connectivity index (χ0n) is 13.7. The van der Waals surface area contributed by atoms with E-state index in [1.54, 1.807) is 36.4 Å². The normalized spacial score (nSPS) is 11.2. The van der Waals surface area contributed by atoms with Gasteiger partial charge in [0, 0.05) is 0 Å². The summed E-state index contributed by atoms with van der Waals surface area (Å²) in [5.41, 5.74) is 1.25. The van der Waals surface area contributed by atoms with Crippen molar-refractivity contribution in [3.05, 3.63) is 59.2 Å². The lowest BCUT2D eigenvalue weighted by molar-refractivity contribution is 0.0693. The number of aromatic carboxylic acids is 1. The fourth-order valence-electron chi connectivity index (χ4n) is 2.65. The maximum atomic E-state index is 12.6. The molecular weight excluding hydrogens is 328 g/mol. The van der Waals surface area contributed by atoms with Gasteiger partial charge in [-0.3, -0.25) is 0 Å². The summed E-state index contributed by atoms with van der Waals surface area (Å²) in [7, 11) is -2.12. The van der Waals surface area contributed by atoms with Crippen LogP contribution >= 0.6 is 0 Å². The maximum Gasteiger partial charge on any atom is 0.339 e. The Hall–Kier alpha value is -2.34. The molecule has 1 N–H and O–H groups in total. The van der Waals surface area contributed by atoms with Crippen LogP contribution in [0.2, 0.25) is 0 Å². The summed E-state index contributed by atoms with van der Waals surface area (Å²) < 4.78 is 30.5. The van der Waals surface area contributed by atoms with Gasteiger partial charge < -0.3 is 9.84 Å². The molecule has 0 amide bonds. The average molecular weight is 348 g/mol. The first-order valence-electron chi connectivity index (χ1n) is 7.60. The molecule has 24 heavy (non-hydrogen) atoms. The van der Waals surface area contributed by atoms with Gasteiger partial charge in [-0.25, -0.2) is 13.2 Å². The van der Waals surface area contributed by atoms with Crippen molar-refractivity contribution in [3.63, 3.8) is 0 Å². The van der Waals surface area contributed by atoms with Gasteiger partial charge in [-0.15, -0.1) is 0 Å². The van der Waals surface area contributed by atoms with Crippen molar-refractivity contribution < 1.29 is 23.1 Å². The van der Waals surface area contributed by atoms with Gasteiger partial charge >= 0.3 is 5.97 Å². The minimum absolute atomic E-state index is 0.0433. The average Bonchev–Trinajstić information content (AvgIpc) is 2.56. The Morgan fingerprint density at radius 3 is 2.33 bits per heavy atom. The lowest BCUT2D eigenvalue weighted by Gasteiger charge is -2.16. The van der Waals surface area contributed by atoms with Crippen molar-refractivity contribution >= 4 is 15.8 Å². The van der Waals surface area contributed by atoms with Gasteiger partial charge in [0.25, 0.3) is 0 Å². The molecule has 0 aliphatic rings. The van der Waals surface area contributed by atoms with Gasteiger partial charge in [-0.2, -0.15) is 0 Å². The van der Waals surface area contributed by atoms with Crippen LogP contribution in [0.25, 0.3) is 0 Å².